The van der Waals surface area contributed by atoms with Crippen molar-refractivity contribution in [3.8, 4) is 23.1 Å². The van der Waals surface area contributed by atoms with Crippen molar-refractivity contribution in [2.75, 3.05) is 20.8 Å². The van der Waals surface area contributed by atoms with Crippen molar-refractivity contribution in [3.63, 3.8) is 0 Å². The monoisotopic (exact) mass is 376 g/mol. The molecule has 4 rings (SSSR count). The number of methoxy groups -OCH3 is 2. The van der Waals surface area contributed by atoms with E-state index in [4.69, 9.17) is 9.47 Å². The lowest BCUT2D eigenvalue weighted by molar-refractivity contribution is 0.103. The zero-order valence-electron chi connectivity index (χ0n) is 15.7. The minimum absolute atomic E-state index is 0.0307. The number of ether oxygens (including phenoxy) is 2. The lowest BCUT2D eigenvalue weighted by Crippen LogP contribution is -1.95. The number of fused-ring (bicyclic) bond motifs is 3. The molecule has 142 valence electrons. The van der Waals surface area contributed by atoms with Gasteiger partial charge in [0.05, 0.1) is 31.2 Å². The number of aromatic hydroxyl groups is 1. The summed E-state index contributed by atoms with van der Waals surface area (Å²) in [4.78, 5) is 16.9. The Labute approximate surface area is 162 Å². The second-order valence-corrected chi connectivity index (χ2v) is 6.46. The lowest BCUT2D eigenvalue weighted by atomic mass is 10.1. The number of aromatic nitrogens is 1. The molecular weight excluding hydrogens is 356 g/mol. The smallest absolute Gasteiger partial charge is 0.211 e. The Morgan fingerprint density at radius 2 is 1.86 bits per heavy atom. The number of hydrogen-bond donors (Lipinski definition) is 1. The van der Waals surface area contributed by atoms with Crippen LogP contribution in [-0.4, -0.2) is 42.4 Å². The SMILES string of the molecule is COc1ccc(CCN=Cc2cc3n(c2O)-c2ccccc2C3=O)cc1OC. The van der Waals surface area contributed by atoms with Gasteiger partial charge in [-0.2, -0.15) is 0 Å². The summed E-state index contributed by atoms with van der Waals surface area (Å²) in [6.45, 7) is 0.542. The number of ketones is 1. The number of benzene rings is 2. The van der Waals surface area contributed by atoms with E-state index in [0.29, 0.717) is 47.0 Å². The first kappa shape index (κ1) is 17.9. The van der Waals surface area contributed by atoms with Gasteiger partial charge < -0.3 is 14.6 Å². The van der Waals surface area contributed by atoms with Crippen molar-refractivity contribution < 1.29 is 19.4 Å². The zero-order valence-corrected chi connectivity index (χ0v) is 15.7. The molecule has 0 aliphatic carbocycles. The fraction of sp³-hybridized carbons (Fsp3) is 0.182. The van der Waals surface area contributed by atoms with Crippen LogP contribution in [0.5, 0.6) is 17.4 Å². The van der Waals surface area contributed by atoms with Crippen LogP contribution >= 0.6 is 0 Å². The van der Waals surface area contributed by atoms with E-state index < -0.39 is 0 Å². The van der Waals surface area contributed by atoms with Crippen LogP contribution in [0.1, 0.15) is 27.2 Å². The normalized spacial score (nSPS) is 12.3. The van der Waals surface area contributed by atoms with Crippen LogP contribution in [0.15, 0.2) is 53.5 Å². The Balaban J connectivity index is 1.49. The highest BCUT2D eigenvalue weighted by Crippen LogP contribution is 2.35. The molecule has 1 N–H and O–H groups in total. The lowest BCUT2D eigenvalue weighted by Gasteiger charge is -2.08. The van der Waals surface area contributed by atoms with Crippen LogP contribution in [-0.2, 0) is 6.42 Å². The van der Waals surface area contributed by atoms with Crippen molar-refractivity contribution in [3.05, 3.63) is 70.9 Å². The van der Waals surface area contributed by atoms with Gasteiger partial charge in [0.1, 0.15) is 0 Å². The first-order valence-electron chi connectivity index (χ1n) is 8.93. The number of aliphatic imine (C=N–C) groups is 1. The Kier molecular flexibility index (Phi) is 4.61. The molecule has 2 aromatic carbocycles. The molecule has 6 heteroatoms. The molecule has 0 unspecified atom stereocenters. The van der Waals surface area contributed by atoms with Crippen LogP contribution in [0, 0.1) is 0 Å². The molecule has 28 heavy (non-hydrogen) atoms. The highest BCUT2D eigenvalue weighted by molar-refractivity contribution is 6.15. The molecule has 6 nitrogen and oxygen atoms in total. The quantitative estimate of drug-likeness (QED) is 0.524. The summed E-state index contributed by atoms with van der Waals surface area (Å²) >= 11 is 0. The fourth-order valence-electron chi connectivity index (χ4n) is 3.42. The van der Waals surface area contributed by atoms with Crippen LogP contribution in [0.4, 0.5) is 0 Å². The summed E-state index contributed by atoms with van der Waals surface area (Å²) < 4.78 is 12.1. The third-order valence-electron chi connectivity index (χ3n) is 4.83. The maximum Gasteiger partial charge on any atom is 0.211 e. The van der Waals surface area contributed by atoms with Crippen LogP contribution < -0.4 is 9.47 Å². The molecule has 3 aromatic rings. The van der Waals surface area contributed by atoms with Crippen molar-refractivity contribution in [2.24, 2.45) is 4.99 Å². The van der Waals surface area contributed by atoms with E-state index in [9.17, 15) is 9.90 Å². The molecule has 1 aliphatic rings. The summed E-state index contributed by atoms with van der Waals surface area (Å²) in [6.07, 6.45) is 2.32. The van der Waals surface area contributed by atoms with Gasteiger partial charge in [-0.15, -0.1) is 0 Å². The van der Waals surface area contributed by atoms with E-state index in [1.54, 1.807) is 37.1 Å². The van der Waals surface area contributed by atoms with Crippen LogP contribution in [0.25, 0.3) is 5.69 Å². The number of para-hydroxylation sites is 1. The average Bonchev–Trinajstić information content (AvgIpc) is 3.20. The van der Waals surface area contributed by atoms with Crippen molar-refractivity contribution in [1.29, 1.82) is 0 Å². The Bertz CT molecular complexity index is 1080. The molecule has 0 spiro atoms. The zero-order chi connectivity index (χ0) is 19.7. The van der Waals surface area contributed by atoms with E-state index in [2.05, 4.69) is 4.99 Å². The van der Waals surface area contributed by atoms with E-state index in [0.717, 1.165) is 5.56 Å². The number of hydrogen-bond acceptors (Lipinski definition) is 5. The highest BCUT2D eigenvalue weighted by atomic mass is 16.5. The average molecular weight is 376 g/mol. The predicted octanol–water partition coefficient (Wildman–Crippen LogP) is 3.41. The standard InChI is InChI=1S/C22H20N2O4/c1-27-19-8-7-14(11-20(19)28-2)9-10-23-13-15-12-18-21(25)16-5-3-4-6-17(16)24(18)22(15)26/h3-8,11-13,26H,9-10H2,1-2H3. The maximum atomic E-state index is 12.5. The molecule has 2 heterocycles. The van der Waals surface area contributed by atoms with Gasteiger partial charge in [-0.25, -0.2) is 0 Å². The summed E-state index contributed by atoms with van der Waals surface area (Å²) in [6, 6.07) is 14.7. The molecule has 0 bridgehead atoms. The van der Waals surface area contributed by atoms with Gasteiger partial charge >= 0.3 is 0 Å². The van der Waals surface area contributed by atoms with Crippen LogP contribution in [0.3, 0.4) is 0 Å². The van der Waals surface area contributed by atoms with Gasteiger partial charge in [-0.3, -0.25) is 14.4 Å². The largest absolute Gasteiger partial charge is 0.494 e. The molecule has 0 radical (unpaired) electrons. The maximum absolute atomic E-state index is 12.5. The van der Waals surface area contributed by atoms with Gasteiger partial charge in [0.25, 0.3) is 0 Å². The number of rotatable bonds is 6. The van der Waals surface area contributed by atoms with E-state index in [1.165, 1.54) is 0 Å². The van der Waals surface area contributed by atoms with Gasteiger partial charge in [-0.05, 0) is 42.3 Å². The van der Waals surface area contributed by atoms with Crippen LogP contribution in [0.2, 0.25) is 0 Å². The molecule has 0 amide bonds. The van der Waals surface area contributed by atoms with E-state index in [1.807, 2.05) is 36.4 Å². The molecule has 1 aromatic heterocycles. The Morgan fingerprint density at radius 3 is 2.64 bits per heavy atom. The van der Waals surface area contributed by atoms with Gasteiger partial charge in [0.15, 0.2) is 11.5 Å². The summed E-state index contributed by atoms with van der Waals surface area (Å²) in [5.74, 6) is 1.31. The van der Waals surface area contributed by atoms with Crippen molar-refractivity contribution in [1.82, 2.24) is 4.57 Å². The predicted molar refractivity (Wildman–Crippen MR) is 107 cm³/mol. The molecule has 0 saturated carbocycles. The first-order valence-corrected chi connectivity index (χ1v) is 8.93. The molecule has 0 atom stereocenters. The minimum Gasteiger partial charge on any atom is -0.494 e. The molecule has 1 aliphatic heterocycles. The number of carbonyl (C=O) groups is 1. The van der Waals surface area contributed by atoms with Crippen molar-refractivity contribution >= 4 is 12.0 Å². The second kappa shape index (κ2) is 7.23. The van der Waals surface area contributed by atoms with E-state index in [-0.39, 0.29) is 11.7 Å². The topological polar surface area (TPSA) is 73.0 Å². The third-order valence-corrected chi connectivity index (χ3v) is 4.83. The number of carbonyl (C=O) groups excluding carboxylic acids is 1. The second-order valence-electron chi connectivity index (χ2n) is 6.46. The minimum atomic E-state index is -0.0872. The Hall–Kier alpha value is -3.54. The van der Waals surface area contributed by atoms with Gasteiger partial charge in [0.2, 0.25) is 11.7 Å². The third kappa shape index (κ3) is 2.93. The Morgan fingerprint density at radius 1 is 1.07 bits per heavy atom. The van der Waals surface area contributed by atoms with Gasteiger partial charge in [0, 0.05) is 18.3 Å². The summed E-state index contributed by atoms with van der Waals surface area (Å²) in [7, 11) is 3.21. The summed E-state index contributed by atoms with van der Waals surface area (Å²) in [5, 5.41) is 10.5. The van der Waals surface area contributed by atoms with Crippen molar-refractivity contribution in [2.45, 2.75) is 6.42 Å². The highest BCUT2D eigenvalue weighted by Gasteiger charge is 2.30. The number of nitrogens with zero attached hydrogens (tertiary/aromatic N) is 2. The van der Waals surface area contributed by atoms with E-state index >= 15 is 0 Å². The fourth-order valence-corrected chi connectivity index (χ4v) is 3.42. The first-order chi connectivity index (χ1) is 13.6. The molecule has 0 fully saturated rings. The molecule has 0 saturated heterocycles. The molecular formula is C22H20N2O4. The van der Waals surface area contributed by atoms with Gasteiger partial charge in [-0.1, -0.05) is 18.2 Å². The summed E-state index contributed by atoms with van der Waals surface area (Å²) in [5.41, 5.74) is 3.36.